The number of aromatic nitrogens is 3. The van der Waals surface area contributed by atoms with Crippen molar-refractivity contribution in [2.75, 3.05) is 20.2 Å². The molecule has 0 saturated carbocycles. The molecule has 2 aromatic carbocycles. The van der Waals surface area contributed by atoms with Crippen LogP contribution < -0.4 is 15.4 Å². The van der Waals surface area contributed by atoms with E-state index >= 15 is 0 Å². The smallest absolute Gasteiger partial charge is 0.191 e. The van der Waals surface area contributed by atoms with E-state index < -0.39 is 0 Å². The van der Waals surface area contributed by atoms with Gasteiger partial charge in [-0.25, -0.2) is 4.99 Å². The van der Waals surface area contributed by atoms with Crippen LogP contribution in [-0.2, 0) is 25.9 Å². The van der Waals surface area contributed by atoms with Gasteiger partial charge in [0.1, 0.15) is 17.9 Å². The van der Waals surface area contributed by atoms with Gasteiger partial charge < -0.3 is 19.9 Å². The zero-order chi connectivity index (χ0) is 21.9. The fraction of sp³-hybridized carbons (Fsp3) is 0.348. The van der Waals surface area contributed by atoms with Crippen molar-refractivity contribution in [2.45, 2.75) is 32.9 Å². The van der Waals surface area contributed by atoms with Crippen molar-refractivity contribution >= 4 is 17.6 Å². The third-order valence-electron chi connectivity index (χ3n) is 4.86. The number of guanidine groups is 1. The normalized spacial score (nSPS) is 11.4. The zero-order valence-electron chi connectivity index (χ0n) is 18.0. The highest BCUT2D eigenvalue weighted by Gasteiger charge is 2.04. The minimum absolute atomic E-state index is 0.571. The van der Waals surface area contributed by atoms with Gasteiger partial charge in [-0.05, 0) is 41.8 Å². The maximum atomic E-state index is 5.98. The molecule has 1 aromatic heterocycles. The molecule has 0 aliphatic rings. The van der Waals surface area contributed by atoms with Crippen LogP contribution in [-0.4, -0.2) is 40.9 Å². The van der Waals surface area contributed by atoms with Crippen LogP contribution in [0.15, 0.2) is 59.9 Å². The molecule has 3 rings (SSSR count). The molecule has 0 aliphatic heterocycles. The standard InChI is InChI=1S/C23H29ClN6O/c1-3-22-29-28-17-30(22)15-14-26-23(27-16-19-4-8-20(24)9-5-19)25-13-12-18-6-10-21(31-2)11-7-18/h4-11,17H,3,12-16H2,1-2H3,(H2,25,26,27). The fourth-order valence-corrected chi connectivity index (χ4v) is 3.21. The van der Waals surface area contributed by atoms with Gasteiger partial charge in [-0.2, -0.15) is 0 Å². The van der Waals surface area contributed by atoms with Gasteiger partial charge in [-0.3, -0.25) is 0 Å². The molecule has 0 atom stereocenters. The van der Waals surface area contributed by atoms with Crippen LogP contribution in [0.4, 0.5) is 0 Å². The van der Waals surface area contributed by atoms with Crippen molar-refractivity contribution < 1.29 is 4.74 Å². The van der Waals surface area contributed by atoms with Gasteiger partial charge in [0.15, 0.2) is 5.96 Å². The van der Waals surface area contributed by atoms with Crippen molar-refractivity contribution in [3.8, 4) is 5.75 Å². The van der Waals surface area contributed by atoms with E-state index in [1.807, 2.05) is 36.4 Å². The van der Waals surface area contributed by atoms with Gasteiger partial charge in [0.25, 0.3) is 0 Å². The number of rotatable bonds is 10. The number of hydrogen-bond donors (Lipinski definition) is 2. The number of nitrogens with one attached hydrogen (secondary N) is 2. The van der Waals surface area contributed by atoms with Gasteiger partial charge >= 0.3 is 0 Å². The molecule has 0 radical (unpaired) electrons. The van der Waals surface area contributed by atoms with Gasteiger partial charge in [-0.15, -0.1) is 10.2 Å². The molecule has 0 aliphatic carbocycles. The summed E-state index contributed by atoms with van der Waals surface area (Å²) >= 11 is 5.98. The topological polar surface area (TPSA) is 76.4 Å². The zero-order valence-corrected chi connectivity index (χ0v) is 18.8. The van der Waals surface area contributed by atoms with Gasteiger partial charge in [0.05, 0.1) is 13.7 Å². The summed E-state index contributed by atoms with van der Waals surface area (Å²) in [6.45, 7) is 4.91. The number of halogens is 1. The highest BCUT2D eigenvalue weighted by atomic mass is 35.5. The van der Waals surface area contributed by atoms with E-state index in [0.29, 0.717) is 6.54 Å². The van der Waals surface area contributed by atoms with E-state index in [-0.39, 0.29) is 0 Å². The van der Waals surface area contributed by atoms with Crippen LogP contribution in [0.1, 0.15) is 23.9 Å². The van der Waals surface area contributed by atoms with E-state index in [1.165, 1.54) is 5.56 Å². The second-order valence-electron chi connectivity index (χ2n) is 7.04. The largest absolute Gasteiger partial charge is 0.497 e. The average Bonchev–Trinajstić information content (AvgIpc) is 3.26. The third-order valence-corrected chi connectivity index (χ3v) is 5.11. The van der Waals surface area contributed by atoms with Gasteiger partial charge in [0.2, 0.25) is 0 Å². The summed E-state index contributed by atoms with van der Waals surface area (Å²) in [4.78, 5) is 4.73. The number of nitrogens with zero attached hydrogens (tertiary/aromatic N) is 4. The molecule has 0 saturated heterocycles. The monoisotopic (exact) mass is 440 g/mol. The highest BCUT2D eigenvalue weighted by Crippen LogP contribution is 2.12. The molecule has 2 N–H and O–H groups in total. The Kier molecular flexibility index (Phi) is 8.72. The van der Waals surface area contributed by atoms with Crippen LogP contribution in [0.3, 0.4) is 0 Å². The number of aryl methyl sites for hydroxylation is 1. The number of benzene rings is 2. The van der Waals surface area contributed by atoms with Crippen molar-refractivity contribution in [2.24, 2.45) is 4.99 Å². The van der Waals surface area contributed by atoms with Crippen LogP contribution in [0.25, 0.3) is 0 Å². The van der Waals surface area contributed by atoms with Crippen molar-refractivity contribution in [1.29, 1.82) is 0 Å². The predicted octanol–water partition coefficient (Wildman–Crippen LogP) is 3.48. The first-order valence-electron chi connectivity index (χ1n) is 10.4. The molecule has 164 valence electrons. The minimum atomic E-state index is 0.571. The second kappa shape index (κ2) is 12.0. The average molecular weight is 441 g/mol. The maximum Gasteiger partial charge on any atom is 0.191 e. The van der Waals surface area contributed by atoms with E-state index in [9.17, 15) is 0 Å². The van der Waals surface area contributed by atoms with E-state index in [1.54, 1.807) is 13.4 Å². The molecule has 1 heterocycles. The van der Waals surface area contributed by atoms with Gasteiger partial charge in [-0.1, -0.05) is 42.8 Å². The van der Waals surface area contributed by atoms with Crippen LogP contribution >= 0.6 is 11.6 Å². The molecule has 8 heteroatoms. The van der Waals surface area contributed by atoms with Crippen LogP contribution in [0, 0.1) is 0 Å². The maximum absolute atomic E-state index is 5.98. The lowest BCUT2D eigenvalue weighted by Gasteiger charge is -2.14. The molecule has 0 fully saturated rings. The summed E-state index contributed by atoms with van der Waals surface area (Å²) in [5.41, 5.74) is 2.34. The summed E-state index contributed by atoms with van der Waals surface area (Å²) in [6.07, 6.45) is 3.51. The van der Waals surface area contributed by atoms with Crippen molar-refractivity contribution in [1.82, 2.24) is 25.4 Å². The Balaban J connectivity index is 1.56. The Morgan fingerprint density at radius 2 is 1.74 bits per heavy atom. The summed E-state index contributed by atoms with van der Waals surface area (Å²) < 4.78 is 7.28. The minimum Gasteiger partial charge on any atom is -0.497 e. The number of methoxy groups -OCH3 is 1. The third kappa shape index (κ3) is 7.29. The highest BCUT2D eigenvalue weighted by molar-refractivity contribution is 6.30. The summed E-state index contributed by atoms with van der Waals surface area (Å²) in [5.74, 6) is 2.62. The molecule has 0 bridgehead atoms. The number of hydrogen-bond acceptors (Lipinski definition) is 4. The second-order valence-corrected chi connectivity index (χ2v) is 7.47. The molecular weight excluding hydrogens is 412 g/mol. The lowest BCUT2D eigenvalue weighted by Crippen LogP contribution is -2.40. The lowest BCUT2D eigenvalue weighted by molar-refractivity contribution is 0.414. The Bertz CT molecular complexity index is 953. The molecule has 0 unspecified atom stereocenters. The van der Waals surface area contributed by atoms with Crippen LogP contribution in [0.2, 0.25) is 5.02 Å². The Hall–Kier alpha value is -3.06. The Morgan fingerprint density at radius 1 is 1.03 bits per heavy atom. The number of aliphatic imine (C=N–C) groups is 1. The van der Waals surface area contributed by atoms with Crippen molar-refractivity contribution in [3.63, 3.8) is 0 Å². The predicted molar refractivity (Wildman–Crippen MR) is 125 cm³/mol. The first-order chi connectivity index (χ1) is 15.2. The molecular formula is C23H29ClN6O. The summed E-state index contributed by atoms with van der Waals surface area (Å²) in [7, 11) is 1.68. The van der Waals surface area contributed by atoms with Gasteiger partial charge in [0, 0.05) is 31.1 Å². The molecule has 0 spiro atoms. The van der Waals surface area contributed by atoms with E-state index in [2.05, 4.69) is 44.5 Å². The van der Waals surface area contributed by atoms with E-state index in [0.717, 1.165) is 60.6 Å². The first-order valence-corrected chi connectivity index (χ1v) is 10.8. The van der Waals surface area contributed by atoms with Crippen molar-refractivity contribution in [3.05, 3.63) is 76.8 Å². The number of ether oxygens (including phenoxy) is 1. The molecule has 31 heavy (non-hydrogen) atoms. The summed E-state index contributed by atoms with van der Waals surface area (Å²) in [6, 6.07) is 15.9. The molecule has 7 nitrogen and oxygen atoms in total. The SMILES string of the molecule is CCc1nncn1CCNC(=NCc1ccc(Cl)cc1)NCCc1ccc(OC)cc1. The summed E-state index contributed by atoms with van der Waals surface area (Å²) in [5, 5.41) is 15.7. The fourth-order valence-electron chi connectivity index (χ4n) is 3.09. The molecule has 0 amide bonds. The van der Waals surface area contributed by atoms with E-state index in [4.69, 9.17) is 21.3 Å². The Labute approximate surface area is 188 Å². The Morgan fingerprint density at radius 3 is 2.45 bits per heavy atom. The first kappa shape index (κ1) is 22.6. The quantitative estimate of drug-likeness (QED) is 0.373. The molecule has 3 aromatic rings. The van der Waals surface area contributed by atoms with Crippen LogP contribution in [0.5, 0.6) is 5.75 Å². The lowest BCUT2D eigenvalue weighted by atomic mass is 10.1.